The minimum Gasteiger partial charge on any atom is -0.418 e. The second-order valence-corrected chi connectivity index (χ2v) is 9.75. The number of hydrogen-bond donors (Lipinski definition) is 0. The Morgan fingerprint density at radius 3 is 1.32 bits per heavy atom. The molecule has 0 aliphatic rings. The van der Waals surface area contributed by atoms with Crippen LogP contribution in [-0.4, -0.2) is 11.8 Å². The van der Waals surface area contributed by atoms with E-state index in [1.54, 1.807) is 0 Å². The Balaban J connectivity index is 0.00000196. The van der Waals surface area contributed by atoms with Gasteiger partial charge in [-0.05, 0) is 25.7 Å². The van der Waals surface area contributed by atoms with Gasteiger partial charge in [-0.3, -0.25) is 0 Å². The van der Waals surface area contributed by atoms with Crippen molar-refractivity contribution in [1.82, 2.24) is 4.57 Å². The van der Waals surface area contributed by atoms with Gasteiger partial charge in [0.1, 0.15) is 12.4 Å². The number of nitrogens with zero attached hydrogens (tertiary/aromatic N) is 2. The molecule has 0 amide bonds. The van der Waals surface area contributed by atoms with Crippen LogP contribution in [-0.2, 0) is 13.1 Å². The lowest BCUT2D eigenvalue weighted by molar-refractivity contribution is -0.696. The molecule has 0 bridgehead atoms. The van der Waals surface area contributed by atoms with Gasteiger partial charge in [0.2, 0.25) is 6.33 Å². The number of halogens is 4. The fourth-order valence-corrected chi connectivity index (χ4v) is 4.27. The maximum absolute atomic E-state index is 9.75. The van der Waals surface area contributed by atoms with Gasteiger partial charge in [0.05, 0.1) is 13.1 Å². The fraction of sp³-hybridized carbons (Fsp3) is 0.889. The number of hydrogen-bond acceptors (Lipinski definition) is 0. The molecule has 2 nitrogen and oxygen atoms in total. The fourth-order valence-electron chi connectivity index (χ4n) is 4.27. The van der Waals surface area contributed by atoms with Crippen LogP contribution in [0, 0.1) is 0 Å². The SMILES string of the molecule is CCCCCCCCCCCCn1cc[n+](CCCCCCCCCCCC)c1.F[B-](F)(F)F. The molecule has 1 heterocycles. The van der Waals surface area contributed by atoms with Gasteiger partial charge in [0.15, 0.2) is 0 Å². The first-order valence-electron chi connectivity index (χ1n) is 14.3. The Bertz CT molecular complexity index is 490. The summed E-state index contributed by atoms with van der Waals surface area (Å²) in [5.41, 5.74) is 0. The zero-order chi connectivity index (χ0) is 25.3. The van der Waals surface area contributed by atoms with Crippen LogP contribution in [0.4, 0.5) is 17.3 Å². The standard InChI is InChI=1S/C27H53N2.BF4/c1-3-5-7-9-11-13-15-17-19-21-23-28-25-26-29(27-28)24-22-20-18-16-14-12-10-8-6-4-2;2-1(3,4)5/h25-27H,3-24H2,1-2H3;/q+1;-1. The van der Waals surface area contributed by atoms with Crippen LogP contribution < -0.4 is 4.57 Å². The molecule has 1 aromatic rings. The van der Waals surface area contributed by atoms with E-state index in [1.165, 1.54) is 142 Å². The zero-order valence-corrected chi connectivity index (χ0v) is 22.3. The van der Waals surface area contributed by atoms with Crippen molar-refractivity contribution < 1.29 is 21.8 Å². The molecule has 0 spiro atoms. The lowest BCUT2D eigenvalue weighted by Gasteiger charge is -2.02. The summed E-state index contributed by atoms with van der Waals surface area (Å²) < 4.78 is 43.8. The van der Waals surface area contributed by atoms with Gasteiger partial charge < -0.3 is 17.3 Å². The highest BCUT2D eigenvalue weighted by Gasteiger charge is 2.20. The molecule has 34 heavy (non-hydrogen) atoms. The second kappa shape index (κ2) is 23.7. The maximum atomic E-state index is 9.75. The molecule has 7 heteroatoms. The number of rotatable bonds is 22. The molecule has 1 aromatic heterocycles. The van der Waals surface area contributed by atoms with Gasteiger partial charge >= 0.3 is 7.25 Å². The van der Waals surface area contributed by atoms with Gasteiger partial charge in [0, 0.05) is 0 Å². The topological polar surface area (TPSA) is 8.81 Å². The first kappa shape index (κ1) is 33.0. The monoisotopic (exact) mass is 492 g/mol. The third-order valence-corrected chi connectivity index (χ3v) is 6.29. The van der Waals surface area contributed by atoms with Gasteiger partial charge in [-0.15, -0.1) is 0 Å². The number of aryl methyl sites for hydroxylation is 2. The first-order chi connectivity index (χ1) is 16.4. The molecule has 0 fully saturated rings. The molecule has 0 saturated carbocycles. The summed E-state index contributed by atoms with van der Waals surface area (Å²) in [5, 5.41) is 0. The first-order valence-corrected chi connectivity index (χ1v) is 14.3. The van der Waals surface area contributed by atoms with Crippen molar-refractivity contribution in [2.24, 2.45) is 0 Å². The minimum absolute atomic E-state index is 1.20. The highest BCUT2D eigenvalue weighted by Crippen LogP contribution is 2.12. The molecular weight excluding hydrogens is 439 g/mol. The largest absolute Gasteiger partial charge is 0.673 e. The van der Waals surface area contributed by atoms with Crippen LogP contribution in [0.15, 0.2) is 18.7 Å². The zero-order valence-electron chi connectivity index (χ0n) is 22.3. The predicted molar refractivity (Wildman–Crippen MR) is 139 cm³/mol. The van der Waals surface area contributed by atoms with Crippen LogP contribution in [0.25, 0.3) is 0 Å². The summed E-state index contributed by atoms with van der Waals surface area (Å²) in [6, 6.07) is 0. The summed E-state index contributed by atoms with van der Waals surface area (Å²) in [5.74, 6) is 0. The quantitative estimate of drug-likeness (QED) is 0.0659. The Labute approximate surface area is 208 Å². The van der Waals surface area contributed by atoms with Crippen molar-refractivity contribution in [1.29, 1.82) is 0 Å². The van der Waals surface area contributed by atoms with E-state index in [0.717, 1.165) is 0 Å². The average Bonchev–Trinajstić information content (AvgIpc) is 3.23. The Hall–Kier alpha value is -1.01. The van der Waals surface area contributed by atoms with E-state index in [4.69, 9.17) is 0 Å². The lowest BCUT2D eigenvalue weighted by Crippen LogP contribution is -2.30. The van der Waals surface area contributed by atoms with E-state index in [-0.39, 0.29) is 0 Å². The van der Waals surface area contributed by atoms with E-state index in [0.29, 0.717) is 0 Å². The molecule has 0 unspecified atom stereocenters. The van der Waals surface area contributed by atoms with Crippen molar-refractivity contribution in [3.05, 3.63) is 18.7 Å². The molecule has 0 saturated heterocycles. The van der Waals surface area contributed by atoms with Gasteiger partial charge in [-0.2, -0.15) is 0 Å². The van der Waals surface area contributed by atoms with E-state index < -0.39 is 7.25 Å². The predicted octanol–water partition coefficient (Wildman–Crippen LogP) is 9.92. The van der Waals surface area contributed by atoms with E-state index in [1.807, 2.05) is 0 Å². The highest BCUT2D eigenvalue weighted by molar-refractivity contribution is 6.50. The summed E-state index contributed by atoms with van der Waals surface area (Å²) >= 11 is 0. The van der Waals surface area contributed by atoms with Crippen LogP contribution >= 0.6 is 0 Å². The highest BCUT2D eigenvalue weighted by atomic mass is 19.5. The molecular formula is C27H53BF4N2. The molecule has 0 aliphatic heterocycles. The summed E-state index contributed by atoms with van der Waals surface area (Å²) in [4.78, 5) is 0. The number of aromatic nitrogens is 2. The molecule has 0 aliphatic carbocycles. The van der Waals surface area contributed by atoms with Crippen LogP contribution in [0.3, 0.4) is 0 Å². The van der Waals surface area contributed by atoms with E-state index >= 15 is 0 Å². The van der Waals surface area contributed by atoms with Crippen LogP contribution in [0.1, 0.15) is 142 Å². The van der Waals surface area contributed by atoms with Crippen LogP contribution in [0.5, 0.6) is 0 Å². The van der Waals surface area contributed by atoms with Crippen molar-refractivity contribution in [2.45, 2.75) is 155 Å². The summed E-state index contributed by atoms with van der Waals surface area (Å²) in [7, 11) is -6.00. The Morgan fingerprint density at radius 2 is 0.912 bits per heavy atom. The smallest absolute Gasteiger partial charge is 0.418 e. The summed E-state index contributed by atoms with van der Waals surface area (Å²) in [6.07, 6.45) is 35.2. The van der Waals surface area contributed by atoms with Crippen molar-refractivity contribution in [2.75, 3.05) is 0 Å². The van der Waals surface area contributed by atoms with Crippen LogP contribution in [0.2, 0.25) is 0 Å². The van der Waals surface area contributed by atoms with E-state index in [2.05, 4.69) is 41.7 Å². The normalized spacial score (nSPS) is 11.5. The summed E-state index contributed by atoms with van der Waals surface area (Å²) in [6.45, 7) is 6.98. The molecule has 0 N–H and O–H groups in total. The second-order valence-electron chi connectivity index (χ2n) is 9.75. The average molecular weight is 493 g/mol. The number of imidazole rings is 1. The van der Waals surface area contributed by atoms with Gasteiger partial charge in [0.25, 0.3) is 0 Å². The van der Waals surface area contributed by atoms with Crippen molar-refractivity contribution >= 4 is 7.25 Å². The van der Waals surface area contributed by atoms with Gasteiger partial charge in [-0.1, -0.05) is 117 Å². The minimum atomic E-state index is -6.00. The molecule has 0 radical (unpaired) electrons. The van der Waals surface area contributed by atoms with Crippen molar-refractivity contribution in [3.63, 3.8) is 0 Å². The molecule has 202 valence electrons. The Kier molecular flexibility index (Phi) is 23.0. The van der Waals surface area contributed by atoms with Crippen molar-refractivity contribution in [3.8, 4) is 0 Å². The lowest BCUT2D eigenvalue weighted by atomic mass is 10.1. The van der Waals surface area contributed by atoms with Gasteiger partial charge in [-0.25, -0.2) is 9.13 Å². The molecule has 0 atom stereocenters. The Morgan fingerprint density at radius 1 is 0.559 bits per heavy atom. The van der Waals surface area contributed by atoms with E-state index in [9.17, 15) is 17.3 Å². The maximum Gasteiger partial charge on any atom is 0.673 e. The third kappa shape index (κ3) is 27.2. The molecule has 0 aromatic carbocycles. The molecule has 1 rings (SSSR count). The number of unbranched alkanes of at least 4 members (excludes halogenated alkanes) is 18. The third-order valence-electron chi connectivity index (χ3n) is 6.29.